The number of para-hydroxylation sites is 1. The van der Waals surface area contributed by atoms with Gasteiger partial charge in [0.15, 0.2) is 0 Å². The number of carbonyl (C=O) groups is 2. The Labute approximate surface area is 147 Å². The fourth-order valence-corrected chi connectivity index (χ4v) is 4.40. The monoisotopic (exact) mass is 369 g/mol. The second-order valence-corrected chi connectivity index (χ2v) is 8.33. The van der Waals surface area contributed by atoms with Crippen LogP contribution in [0.5, 0.6) is 0 Å². The summed E-state index contributed by atoms with van der Waals surface area (Å²) in [7, 11) is -2.76. The molecule has 0 aliphatic carbocycles. The largest absolute Gasteiger partial charge is 0.468 e. The van der Waals surface area contributed by atoms with Crippen LogP contribution < -0.4 is 11.1 Å². The van der Waals surface area contributed by atoms with E-state index in [0.717, 1.165) is 4.31 Å². The molecule has 3 N–H and O–H groups in total. The Morgan fingerprint density at radius 2 is 1.96 bits per heavy atom. The number of rotatable bonds is 5. The molecule has 1 atom stereocenters. The number of benzene rings is 1. The van der Waals surface area contributed by atoms with Gasteiger partial charge in [0.2, 0.25) is 15.9 Å². The van der Waals surface area contributed by atoms with Crippen LogP contribution in [0, 0.1) is 0 Å². The number of ether oxygens (including phenoxy) is 1. The van der Waals surface area contributed by atoms with E-state index in [4.69, 9.17) is 10.5 Å². The number of methoxy groups -OCH3 is 1. The number of hydrogen-bond donors (Lipinski definition) is 2. The van der Waals surface area contributed by atoms with Gasteiger partial charge in [0.05, 0.1) is 18.3 Å². The van der Waals surface area contributed by atoms with E-state index in [1.807, 2.05) is 0 Å². The Morgan fingerprint density at radius 3 is 2.56 bits per heavy atom. The quantitative estimate of drug-likeness (QED) is 0.737. The third-order valence-corrected chi connectivity index (χ3v) is 5.95. The zero-order valence-electron chi connectivity index (χ0n) is 14.5. The van der Waals surface area contributed by atoms with Gasteiger partial charge in [-0.25, -0.2) is 8.42 Å². The molecule has 1 aromatic rings. The van der Waals surface area contributed by atoms with E-state index >= 15 is 0 Å². The van der Waals surface area contributed by atoms with Crippen molar-refractivity contribution in [2.75, 3.05) is 19.0 Å². The van der Waals surface area contributed by atoms with Crippen LogP contribution in [0.3, 0.4) is 0 Å². The van der Waals surface area contributed by atoms with E-state index in [2.05, 4.69) is 5.32 Å². The van der Waals surface area contributed by atoms with Gasteiger partial charge in [-0.1, -0.05) is 12.1 Å². The van der Waals surface area contributed by atoms with Gasteiger partial charge in [0, 0.05) is 6.54 Å². The van der Waals surface area contributed by atoms with Gasteiger partial charge in [-0.2, -0.15) is 4.31 Å². The molecule has 0 aromatic heterocycles. The van der Waals surface area contributed by atoms with E-state index < -0.39 is 33.5 Å². The lowest BCUT2D eigenvalue weighted by Crippen LogP contribution is -2.46. The van der Waals surface area contributed by atoms with Crippen molar-refractivity contribution in [1.82, 2.24) is 4.31 Å². The molecule has 1 fully saturated rings. The minimum Gasteiger partial charge on any atom is -0.468 e. The molecule has 9 heteroatoms. The number of hydrogen-bond acceptors (Lipinski definition) is 6. The first-order valence-corrected chi connectivity index (χ1v) is 9.32. The maximum atomic E-state index is 13.1. The summed E-state index contributed by atoms with van der Waals surface area (Å²) in [4.78, 5) is 23.9. The van der Waals surface area contributed by atoms with E-state index in [0.29, 0.717) is 12.8 Å². The first-order chi connectivity index (χ1) is 11.6. The molecule has 1 aliphatic rings. The van der Waals surface area contributed by atoms with Crippen molar-refractivity contribution >= 4 is 27.6 Å². The van der Waals surface area contributed by atoms with Crippen LogP contribution in [-0.4, -0.2) is 49.8 Å². The standard InChI is InChI=1S/C16H23N3O5S/c1-16(2,17)15(21)18-11-7-4-5-9-13(11)25(22,23)19-10-6-8-12(19)14(20)24-3/h4-5,7,9,12H,6,8,10,17H2,1-3H3,(H,18,21)/t12-/m0/s1. The lowest BCUT2D eigenvalue weighted by molar-refractivity contribution is -0.144. The highest BCUT2D eigenvalue weighted by atomic mass is 32.2. The smallest absolute Gasteiger partial charge is 0.324 e. The summed E-state index contributed by atoms with van der Waals surface area (Å²) >= 11 is 0. The Morgan fingerprint density at radius 1 is 1.32 bits per heavy atom. The van der Waals surface area contributed by atoms with E-state index in [-0.39, 0.29) is 17.1 Å². The van der Waals surface area contributed by atoms with Crippen LogP contribution in [-0.2, 0) is 24.3 Å². The first kappa shape index (κ1) is 19.4. The molecule has 8 nitrogen and oxygen atoms in total. The second-order valence-electron chi connectivity index (χ2n) is 6.47. The van der Waals surface area contributed by atoms with Gasteiger partial charge >= 0.3 is 5.97 Å². The molecule has 1 amide bonds. The molecule has 1 aliphatic heterocycles. The van der Waals surface area contributed by atoms with Crippen LogP contribution in [0.4, 0.5) is 5.69 Å². The number of nitrogens with two attached hydrogens (primary N) is 1. The van der Waals surface area contributed by atoms with Crippen LogP contribution in [0.25, 0.3) is 0 Å². The van der Waals surface area contributed by atoms with Crippen molar-refractivity contribution in [3.05, 3.63) is 24.3 Å². The Balaban J connectivity index is 2.40. The molecule has 1 aromatic carbocycles. The van der Waals surface area contributed by atoms with Crippen molar-refractivity contribution in [3.63, 3.8) is 0 Å². The van der Waals surface area contributed by atoms with Gasteiger partial charge in [-0.15, -0.1) is 0 Å². The number of amides is 1. The van der Waals surface area contributed by atoms with Gasteiger partial charge < -0.3 is 15.8 Å². The Kier molecular flexibility index (Phi) is 5.50. The summed E-state index contributed by atoms with van der Waals surface area (Å²) in [6.07, 6.45) is 0.958. The summed E-state index contributed by atoms with van der Waals surface area (Å²) < 4.78 is 31.9. The van der Waals surface area contributed by atoms with Crippen molar-refractivity contribution in [2.24, 2.45) is 5.73 Å². The average Bonchev–Trinajstić information content (AvgIpc) is 3.04. The SMILES string of the molecule is COC(=O)[C@@H]1CCCN1S(=O)(=O)c1ccccc1NC(=O)C(C)(C)N. The van der Waals surface area contributed by atoms with Crippen molar-refractivity contribution in [2.45, 2.75) is 43.2 Å². The minimum atomic E-state index is -3.99. The fourth-order valence-electron chi connectivity index (χ4n) is 2.60. The topological polar surface area (TPSA) is 119 Å². The summed E-state index contributed by atoms with van der Waals surface area (Å²) in [6, 6.07) is 5.19. The highest BCUT2D eigenvalue weighted by Crippen LogP contribution is 2.31. The Bertz CT molecular complexity index is 770. The molecular weight excluding hydrogens is 346 g/mol. The zero-order valence-corrected chi connectivity index (χ0v) is 15.3. The fraction of sp³-hybridized carbons (Fsp3) is 0.500. The van der Waals surface area contributed by atoms with Crippen LogP contribution in [0.15, 0.2) is 29.2 Å². The summed E-state index contributed by atoms with van der Waals surface area (Å²) in [5.74, 6) is -1.10. The van der Waals surface area contributed by atoms with E-state index in [1.165, 1.54) is 33.1 Å². The summed E-state index contributed by atoms with van der Waals surface area (Å²) in [5.41, 5.74) is 4.71. The molecule has 0 spiro atoms. The molecular formula is C16H23N3O5S. The van der Waals surface area contributed by atoms with E-state index in [9.17, 15) is 18.0 Å². The predicted molar refractivity (Wildman–Crippen MR) is 92.3 cm³/mol. The first-order valence-electron chi connectivity index (χ1n) is 7.88. The molecule has 1 saturated heterocycles. The lowest BCUT2D eigenvalue weighted by atomic mass is 10.1. The summed E-state index contributed by atoms with van der Waals surface area (Å²) in [5, 5.41) is 2.55. The molecule has 0 bridgehead atoms. The molecule has 1 heterocycles. The normalized spacial score (nSPS) is 18.8. The number of carbonyl (C=O) groups excluding carboxylic acids is 2. The number of sulfonamides is 1. The van der Waals surface area contributed by atoms with Gasteiger partial charge in [-0.05, 0) is 38.8 Å². The summed E-state index contributed by atoms with van der Waals surface area (Å²) in [6.45, 7) is 3.26. The lowest BCUT2D eigenvalue weighted by Gasteiger charge is -2.24. The van der Waals surface area contributed by atoms with Crippen molar-refractivity contribution in [3.8, 4) is 0 Å². The number of anilines is 1. The predicted octanol–water partition coefficient (Wildman–Crippen LogP) is 0.689. The number of nitrogens with one attached hydrogen (secondary N) is 1. The minimum absolute atomic E-state index is 0.0802. The van der Waals surface area contributed by atoms with Crippen LogP contribution in [0.1, 0.15) is 26.7 Å². The number of esters is 1. The van der Waals surface area contributed by atoms with Gasteiger partial charge in [0.25, 0.3) is 0 Å². The van der Waals surface area contributed by atoms with Crippen molar-refractivity contribution in [1.29, 1.82) is 0 Å². The highest BCUT2D eigenvalue weighted by molar-refractivity contribution is 7.89. The molecule has 0 radical (unpaired) electrons. The maximum Gasteiger partial charge on any atom is 0.324 e. The molecule has 0 unspecified atom stereocenters. The number of nitrogens with zero attached hydrogens (tertiary/aromatic N) is 1. The zero-order chi connectivity index (χ0) is 18.8. The van der Waals surface area contributed by atoms with Gasteiger partial charge in [0.1, 0.15) is 10.9 Å². The average molecular weight is 369 g/mol. The molecule has 2 rings (SSSR count). The van der Waals surface area contributed by atoms with Crippen LogP contribution >= 0.6 is 0 Å². The molecule has 0 saturated carbocycles. The highest BCUT2D eigenvalue weighted by Gasteiger charge is 2.41. The third-order valence-electron chi connectivity index (χ3n) is 3.98. The molecule has 25 heavy (non-hydrogen) atoms. The van der Waals surface area contributed by atoms with Crippen LogP contribution in [0.2, 0.25) is 0 Å². The van der Waals surface area contributed by atoms with E-state index in [1.54, 1.807) is 12.1 Å². The van der Waals surface area contributed by atoms with Gasteiger partial charge in [-0.3, -0.25) is 9.59 Å². The Hall–Kier alpha value is -1.97. The molecule has 138 valence electrons. The van der Waals surface area contributed by atoms with Crippen molar-refractivity contribution < 1.29 is 22.7 Å². The second kappa shape index (κ2) is 7.11. The maximum absolute atomic E-state index is 13.1. The third kappa shape index (κ3) is 4.00.